The minimum absolute atomic E-state index is 0.0395. The summed E-state index contributed by atoms with van der Waals surface area (Å²) in [5.41, 5.74) is 13.5. The second-order valence-corrected chi connectivity index (χ2v) is 12.5. The molecule has 43 heavy (non-hydrogen) atoms. The van der Waals surface area contributed by atoms with Crippen LogP contribution in [0.1, 0.15) is 55.1 Å². The van der Waals surface area contributed by atoms with Gasteiger partial charge in [-0.25, -0.2) is 8.91 Å². The van der Waals surface area contributed by atoms with Crippen molar-refractivity contribution in [2.45, 2.75) is 64.8 Å². The van der Waals surface area contributed by atoms with E-state index in [0.29, 0.717) is 29.8 Å². The average Bonchev–Trinajstić information content (AvgIpc) is 3.38. The number of aromatic nitrogens is 5. The van der Waals surface area contributed by atoms with E-state index in [1.165, 1.54) is 17.7 Å². The molecule has 224 valence electrons. The number of carbonyl (C=O) groups excluding carboxylic acids is 1. The molecule has 2 aliphatic rings. The summed E-state index contributed by atoms with van der Waals surface area (Å²) in [6.07, 6.45) is 7.35. The van der Waals surface area contributed by atoms with E-state index in [1.54, 1.807) is 23.9 Å². The number of likely N-dealkylation sites (tertiary alicyclic amines) is 1. The number of nitrogens with zero attached hydrogens (tertiary/aromatic N) is 6. The van der Waals surface area contributed by atoms with Crippen LogP contribution in [0.4, 0.5) is 4.39 Å². The zero-order valence-electron chi connectivity index (χ0n) is 25.1. The van der Waals surface area contributed by atoms with Gasteiger partial charge in [-0.1, -0.05) is 12.1 Å². The van der Waals surface area contributed by atoms with E-state index in [2.05, 4.69) is 54.0 Å². The first kappa shape index (κ1) is 27.6. The highest BCUT2D eigenvalue weighted by atomic mass is 19.1. The third-order valence-electron chi connectivity index (χ3n) is 8.86. The Kier molecular flexibility index (Phi) is 6.76. The van der Waals surface area contributed by atoms with E-state index in [1.807, 2.05) is 17.8 Å². The van der Waals surface area contributed by atoms with Gasteiger partial charge in [0, 0.05) is 59.6 Å². The number of nitrogens with two attached hydrogens (primary N) is 1. The standard InChI is InChI=1S/C33H38FN7O2/c1-19(2)40-16-25(13-36-40)22-7-8-23-10-29(39(28(23)9-22)14-21-5-6-21)31-20(3)32-30(43-4)11-24(15-41(32)37-31)33(42)38-17-26(34)12-27(35)18-38/h7-11,13,15-16,19,21,26-27H,5-6,12,14,17-18,35H2,1-4H3/t26-,27-/m1/s1. The fourth-order valence-corrected chi connectivity index (χ4v) is 6.38. The number of hydrogen-bond acceptors (Lipinski definition) is 5. The highest BCUT2D eigenvalue weighted by molar-refractivity contribution is 5.96. The van der Waals surface area contributed by atoms with Crippen LogP contribution < -0.4 is 10.5 Å². The number of amides is 1. The number of aryl methyl sites for hydroxylation is 1. The van der Waals surface area contributed by atoms with Crippen molar-refractivity contribution in [3.8, 4) is 28.3 Å². The van der Waals surface area contributed by atoms with Gasteiger partial charge in [0.2, 0.25) is 0 Å². The predicted octanol–water partition coefficient (Wildman–Crippen LogP) is 5.64. The molecule has 7 rings (SSSR count). The number of pyridine rings is 1. The molecule has 2 N–H and O–H groups in total. The molecule has 0 bridgehead atoms. The van der Waals surface area contributed by atoms with Crippen LogP contribution in [-0.4, -0.2) is 67.2 Å². The lowest BCUT2D eigenvalue weighted by atomic mass is 10.0. The number of ether oxygens (including phenoxy) is 1. The first-order valence-electron chi connectivity index (χ1n) is 15.1. The fraction of sp³-hybridized carbons (Fsp3) is 0.424. The van der Waals surface area contributed by atoms with Gasteiger partial charge in [0.05, 0.1) is 31.1 Å². The average molecular weight is 584 g/mol. The summed E-state index contributed by atoms with van der Waals surface area (Å²) in [5, 5.41) is 10.7. The molecule has 1 aliphatic heterocycles. The molecule has 1 saturated carbocycles. The van der Waals surface area contributed by atoms with E-state index in [4.69, 9.17) is 15.6 Å². The number of benzene rings is 1. The molecular weight excluding hydrogens is 545 g/mol. The minimum atomic E-state index is -1.13. The van der Waals surface area contributed by atoms with Crippen LogP contribution in [0.15, 0.2) is 48.9 Å². The van der Waals surface area contributed by atoms with Crippen LogP contribution in [-0.2, 0) is 6.54 Å². The normalized spacial score (nSPS) is 19.2. The van der Waals surface area contributed by atoms with Crippen LogP contribution in [0, 0.1) is 12.8 Å². The van der Waals surface area contributed by atoms with Crippen LogP contribution in [0.2, 0.25) is 0 Å². The lowest BCUT2D eigenvalue weighted by Crippen LogP contribution is -2.50. The Morgan fingerprint density at radius 3 is 2.65 bits per heavy atom. The van der Waals surface area contributed by atoms with Gasteiger partial charge in [-0.15, -0.1) is 0 Å². The Morgan fingerprint density at radius 1 is 1.14 bits per heavy atom. The Balaban J connectivity index is 1.33. The molecule has 4 aromatic heterocycles. The summed E-state index contributed by atoms with van der Waals surface area (Å²) >= 11 is 0. The van der Waals surface area contributed by atoms with Gasteiger partial charge in [0.1, 0.15) is 23.1 Å². The molecule has 0 unspecified atom stereocenters. The van der Waals surface area contributed by atoms with Crippen molar-refractivity contribution in [2.75, 3.05) is 20.2 Å². The second-order valence-electron chi connectivity index (χ2n) is 12.5. The van der Waals surface area contributed by atoms with Crippen molar-refractivity contribution >= 4 is 22.3 Å². The third kappa shape index (κ3) is 4.97. The summed E-state index contributed by atoms with van der Waals surface area (Å²) in [5.74, 6) is 0.923. The van der Waals surface area contributed by atoms with Crippen molar-refractivity contribution < 1.29 is 13.9 Å². The highest BCUT2D eigenvalue weighted by Gasteiger charge is 2.30. The first-order valence-corrected chi connectivity index (χ1v) is 15.1. The number of fused-ring (bicyclic) bond motifs is 2. The maximum atomic E-state index is 14.3. The lowest BCUT2D eigenvalue weighted by Gasteiger charge is -2.33. The van der Waals surface area contributed by atoms with Crippen LogP contribution in [0.3, 0.4) is 0 Å². The predicted molar refractivity (Wildman–Crippen MR) is 165 cm³/mol. The molecule has 0 radical (unpaired) electrons. The quantitative estimate of drug-likeness (QED) is 0.268. The number of rotatable bonds is 7. The molecule has 1 aliphatic carbocycles. The molecule has 5 heterocycles. The molecule has 1 saturated heterocycles. The largest absolute Gasteiger partial charge is 0.494 e. The van der Waals surface area contributed by atoms with E-state index in [0.717, 1.165) is 51.0 Å². The number of halogens is 1. The van der Waals surface area contributed by atoms with Gasteiger partial charge in [0.15, 0.2) is 0 Å². The van der Waals surface area contributed by atoms with E-state index in [-0.39, 0.29) is 24.9 Å². The first-order chi connectivity index (χ1) is 20.7. The molecular formula is C33H38FN7O2. The van der Waals surface area contributed by atoms with Crippen molar-refractivity contribution in [3.63, 3.8) is 0 Å². The van der Waals surface area contributed by atoms with Crippen LogP contribution in [0.25, 0.3) is 38.9 Å². The van der Waals surface area contributed by atoms with Gasteiger partial charge in [0.25, 0.3) is 5.91 Å². The SMILES string of the molecule is COc1cc(C(=O)N2C[C@H](N)C[C@@H](F)C2)cn2nc(-c3cc4ccc(-c5cnn(C(C)C)c5)cc4n3CC3CC3)c(C)c12. The zero-order valence-corrected chi connectivity index (χ0v) is 25.1. The van der Waals surface area contributed by atoms with Crippen LogP contribution in [0.5, 0.6) is 5.75 Å². The summed E-state index contributed by atoms with van der Waals surface area (Å²) in [6.45, 7) is 7.58. The highest BCUT2D eigenvalue weighted by Crippen LogP contribution is 2.39. The molecule has 1 amide bonds. The monoisotopic (exact) mass is 583 g/mol. The number of carbonyl (C=O) groups is 1. The van der Waals surface area contributed by atoms with Gasteiger partial charge in [-0.2, -0.15) is 10.2 Å². The number of hydrogen-bond donors (Lipinski definition) is 1. The molecule has 10 heteroatoms. The lowest BCUT2D eigenvalue weighted by molar-refractivity contribution is 0.0606. The number of methoxy groups -OCH3 is 1. The molecule has 9 nitrogen and oxygen atoms in total. The minimum Gasteiger partial charge on any atom is -0.494 e. The van der Waals surface area contributed by atoms with Gasteiger partial charge in [-0.3, -0.25) is 9.48 Å². The van der Waals surface area contributed by atoms with Crippen molar-refractivity contribution in [1.82, 2.24) is 28.9 Å². The van der Waals surface area contributed by atoms with Crippen molar-refractivity contribution in [3.05, 3.63) is 60.0 Å². The molecule has 2 atom stereocenters. The van der Waals surface area contributed by atoms with Crippen molar-refractivity contribution in [1.29, 1.82) is 0 Å². The molecule has 2 fully saturated rings. The summed E-state index contributed by atoms with van der Waals surface area (Å²) in [6, 6.07) is 10.4. The summed E-state index contributed by atoms with van der Waals surface area (Å²) in [7, 11) is 1.59. The van der Waals surface area contributed by atoms with E-state index < -0.39 is 6.17 Å². The number of piperidine rings is 1. The zero-order chi connectivity index (χ0) is 30.0. The van der Waals surface area contributed by atoms with Gasteiger partial charge in [-0.05, 0) is 69.7 Å². The van der Waals surface area contributed by atoms with Gasteiger partial charge < -0.3 is 19.9 Å². The molecule has 0 spiro atoms. The van der Waals surface area contributed by atoms with Crippen molar-refractivity contribution in [2.24, 2.45) is 11.7 Å². The molecule has 1 aromatic carbocycles. The Bertz CT molecular complexity index is 1840. The molecule has 5 aromatic rings. The fourth-order valence-electron chi connectivity index (χ4n) is 6.38. The van der Waals surface area contributed by atoms with E-state index in [9.17, 15) is 9.18 Å². The van der Waals surface area contributed by atoms with Gasteiger partial charge >= 0.3 is 0 Å². The second kappa shape index (κ2) is 10.5. The van der Waals surface area contributed by atoms with Crippen LogP contribution >= 0.6 is 0 Å². The Labute approximate surface area is 250 Å². The third-order valence-corrected chi connectivity index (χ3v) is 8.86. The Morgan fingerprint density at radius 2 is 1.95 bits per heavy atom. The van der Waals surface area contributed by atoms with E-state index >= 15 is 0 Å². The number of alkyl halides is 1. The summed E-state index contributed by atoms with van der Waals surface area (Å²) < 4.78 is 26.1. The maximum Gasteiger partial charge on any atom is 0.255 e. The topological polar surface area (TPSA) is 95.6 Å². The Hall–Kier alpha value is -4.18. The smallest absolute Gasteiger partial charge is 0.255 e. The maximum absolute atomic E-state index is 14.3. The summed E-state index contributed by atoms with van der Waals surface area (Å²) in [4.78, 5) is 14.9.